The number of anilines is 1. The van der Waals surface area contributed by atoms with Crippen molar-refractivity contribution in [2.75, 3.05) is 24.5 Å². The highest BCUT2D eigenvalue weighted by molar-refractivity contribution is 5.69. The summed E-state index contributed by atoms with van der Waals surface area (Å²) < 4.78 is 5.44. The van der Waals surface area contributed by atoms with Gasteiger partial charge in [-0.3, -0.25) is 0 Å². The summed E-state index contributed by atoms with van der Waals surface area (Å²) in [6.45, 7) is 11.6. The van der Waals surface area contributed by atoms with Crippen LogP contribution in [-0.2, 0) is 4.74 Å². The van der Waals surface area contributed by atoms with E-state index in [0.717, 1.165) is 13.0 Å². The summed E-state index contributed by atoms with van der Waals surface area (Å²) in [6, 6.07) is 4.95. The van der Waals surface area contributed by atoms with Crippen molar-refractivity contribution < 1.29 is 14.5 Å². The summed E-state index contributed by atoms with van der Waals surface area (Å²) in [5.41, 5.74) is -0.518. The van der Waals surface area contributed by atoms with Gasteiger partial charge in [0, 0.05) is 37.7 Å². The second kappa shape index (κ2) is 7.88. The first kappa shape index (κ1) is 19.9. The van der Waals surface area contributed by atoms with Crippen molar-refractivity contribution in [1.29, 1.82) is 0 Å². The summed E-state index contributed by atoms with van der Waals surface area (Å²) in [6.07, 6.45) is 0.637. The number of carbonyl (C=O) groups excluding carboxylic acids is 1. The zero-order chi connectivity index (χ0) is 19.5. The Balaban J connectivity index is 0.00000117. The third-order valence-electron chi connectivity index (χ3n) is 4.40. The Kier molecular flexibility index (Phi) is 6.05. The standard InChI is InChI=1S/C16H22N4O4.C2H6/c1-16(2,3)24-15(21)18-9-11-7-8-19(12(11)10-18)13-5-4-6-14(17-13)20(22)23;1-2/h4-6,11-12H,7-10H2,1-3H3;1-2H3. The van der Waals surface area contributed by atoms with Crippen LogP contribution >= 0.6 is 0 Å². The number of nitro groups is 1. The van der Waals surface area contributed by atoms with Crippen LogP contribution in [0, 0.1) is 16.0 Å². The molecule has 1 aromatic heterocycles. The highest BCUT2D eigenvalue weighted by atomic mass is 16.6. The van der Waals surface area contributed by atoms with E-state index in [9.17, 15) is 14.9 Å². The molecule has 144 valence electrons. The maximum Gasteiger partial charge on any atom is 0.410 e. The van der Waals surface area contributed by atoms with Crippen LogP contribution in [0.2, 0.25) is 0 Å². The van der Waals surface area contributed by atoms with E-state index in [2.05, 4.69) is 9.88 Å². The lowest BCUT2D eigenvalue weighted by Gasteiger charge is -2.26. The average Bonchev–Trinajstić information content (AvgIpc) is 3.15. The number of nitrogens with zero attached hydrogens (tertiary/aromatic N) is 4. The van der Waals surface area contributed by atoms with E-state index >= 15 is 0 Å². The largest absolute Gasteiger partial charge is 0.444 e. The molecule has 0 saturated carbocycles. The van der Waals surface area contributed by atoms with Gasteiger partial charge >= 0.3 is 11.9 Å². The number of amides is 1. The fraction of sp³-hybridized carbons (Fsp3) is 0.667. The Morgan fingerprint density at radius 2 is 2.00 bits per heavy atom. The van der Waals surface area contributed by atoms with Crippen molar-refractivity contribution in [3.63, 3.8) is 0 Å². The van der Waals surface area contributed by atoms with Crippen LogP contribution in [0.15, 0.2) is 18.2 Å². The summed E-state index contributed by atoms with van der Waals surface area (Å²) in [5.74, 6) is 0.791. The molecule has 2 aliphatic rings. The number of hydrogen-bond acceptors (Lipinski definition) is 6. The van der Waals surface area contributed by atoms with Gasteiger partial charge in [0.25, 0.3) is 0 Å². The van der Waals surface area contributed by atoms with Gasteiger partial charge in [-0.1, -0.05) is 13.8 Å². The number of hydrogen-bond donors (Lipinski definition) is 0. The molecule has 8 heteroatoms. The number of pyridine rings is 1. The van der Waals surface area contributed by atoms with E-state index in [1.165, 1.54) is 6.07 Å². The zero-order valence-corrected chi connectivity index (χ0v) is 16.1. The van der Waals surface area contributed by atoms with Crippen LogP contribution in [0.25, 0.3) is 0 Å². The lowest BCUT2D eigenvalue weighted by atomic mass is 10.1. The molecule has 2 fully saturated rings. The highest BCUT2D eigenvalue weighted by Gasteiger charge is 2.45. The molecule has 2 aliphatic heterocycles. The molecule has 0 radical (unpaired) electrons. The Hall–Kier alpha value is -2.38. The van der Waals surface area contributed by atoms with E-state index in [1.807, 2.05) is 34.6 Å². The smallest absolute Gasteiger partial charge is 0.410 e. The van der Waals surface area contributed by atoms with Crippen molar-refractivity contribution in [1.82, 2.24) is 9.88 Å². The fourth-order valence-corrected chi connectivity index (χ4v) is 3.40. The molecule has 2 unspecified atom stereocenters. The van der Waals surface area contributed by atoms with Crippen LogP contribution in [-0.4, -0.2) is 52.2 Å². The van der Waals surface area contributed by atoms with Crippen molar-refractivity contribution in [2.45, 2.75) is 52.7 Å². The van der Waals surface area contributed by atoms with Gasteiger partial charge in [-0.2, -0.15) is 0 Å². The van der Waals surface area contributed by atoms with Crippen molar-refractivity contribution >= 4 is 17.7 Å². The number of rotatable bonds is 2. The molecule has 8 nitrogen and oxygen atoms in total. The maximum absolute atomic E-state index is 12.3. The molecular formula is C18H28N4O4. The van der Waals surface area contributed by atoms with Gasteiger partial charge in [0.05, 0.1) is 6.04 Å². The molecule has 3 rings (SSSR count). The molecule has 0 N–H and O–H groups in total. The molecule has 0 aromatic carbocycles. The summed E-state index contributed by atoms with van der Waals surface area (Å²) >= 11 is 0. The van der Waals surface area contributed by atoms with Crippen molar-refractivity contribution in [3.8, 4) is 0 Å². The lowest BCUT2D eigenvalue weighted by Crippen LogP contribution is -2.39. The SMILES string of the molecule is CC.CC(C)(C)OC(=O)N1CC2CCN(c3cccc([N+](=O)[O-])n3)C2C1. The third kappa shape index (κ3) is 4.42. The zero-order valence-electron chi connectivity index (χ0n) is 16.1. The Morgan fingerprint density at radius 3 is 2.62 bits per heavy atom. The first-order valence-corrected chi connectivity index (χ1v) is 9.10. The van der Waals surface area contributed by atoms with Gasteiger partial charge in [0.2, 0.25) is 5.82 Å². The first-order valence-electron chi connectivity index (χ1n) is 9.10. The number of carbonyl (C=O) groups is 1. The van der Waals surface area contributed by atoms with E-state index < -0.39 is 10.5 Å². The van der Waals surface area contributed by atoms with E-state index in [4.69, 9.17) is 4.74 Å². The van der Waals surface area contributed by atoms with Crippen LogP contribution < -0.4 is 4.90 Å². The molecule has 0 bridgehead atoms. The minimum Gasteiger partial charge on any atom is -0.444 e. The molecule has 0 spiro atoms. The third-order valence-corrected chi connectivity index (χ3v) is 4.40. The minimum atomic E-state index is -0.518. The van der Waals surface area contributed by atoms with Gasteiger partial charge in [-0.15, -0.1) is 0 Å². The second-order valence-electron chi connectivity index (χ2n) is 7.31. The number of aromatic nitrogens is 1. The van der Waals surface area contributed by atoms with E-state index in [-0.39, 0.29) is 18.0 Å². The first-order chi connectivity index (χ1) is 12.2. The molecular weight excluding hydrogens is 336 g/mol. The molecule has 26 heavy (non-hydrogen) atoms. The van der Waals surface area contributed by atoms with E-state index in [1.54, 1.807) is 17.0 Å². The lowest BCUT2D eigenvalue weighted by molar-refractivity contribution is -0.389. The highest BCUT2D eigenvalue weighted by Crippen LogP contribution is 2.35. The van der Waals surface area contributed by atoms with Crippen LogP contribution in [0.4, 0.5) is 16.4 Å². The molecule has 1 amide bonds. The summed E-state index contributed by atoms with van der Waals surface area (Å²) in [4.78, 5) is 30.6. The number of likely N-dealkylation sites (tertiary alicyclic amines) is 1. The number of ether oxygens (including phenoxy) is 1. The molecule has 3 heterocycles. The Labute approximate surface area is 154 Å². The second-order valence-corrected chi connectivity index (χ2v) is 7.31. The monoisotopic (exact) mass is 364 g/mol. The predicted molar refractivity (Wildman–Crippen MR) is 99.3 cm³/mol. The van der Waals surface area contributed by atoms with Gasteiger partial charge in [-0.25, -0.2) is 4.79 Å². The van der Waals surface area contributed by atoms with Crippen LogP contribution in [0.5, 0.6) is 0 Å². The molecule has 0 aliphatic carbocycles. The Morgan fingerprint density at radius 1 is 1.31 bits per heavy atom. The van der Waals surface area contributed by atoms with Gasteiger partial charge in [-0.05, 0) is 43.2 Å². The van der Waals surface area contributed by atoms with Gasteiger partial charge in [0.1, 0.15) is 5.60 Å². The average molecular weight is 364 g/mol. The molecule has 1 aromatic rings. The summed E-state index contributed by atoms with van der Waals surface area (Å²) in [5, 5.41) is 10.9. The van der Waals surface area contributed by atoms with E-state index in [0.29, 0.717) is 24.8 Å². The van der Waals surface area contributed by atoms with Gasteiger partial charge < -0.3 is 24.7 Å². The predicted octanol–water partition coefficient (Wildman–Crippen LogP) is 3.46. The normalized spacial score (nSPS) is 21.7. The molecule has 2 saturated heterocycles. The van der Waals surface area contributed by atoms with Crippen LogP contribution in [0.3, 0.4) is 0 Å². The van der Waals surface area contributed by atoms with Crippen LogP contribution in [0.1, 0.15) is 41.0 Å². The minimum absolute atomic E-state index is 0.132. The number of fused-ring (bicyclic) bond motifs is 1. The van der Waals surface area contributed by atoms with Crippen molar-refractivity contribution in [2.24, 2.45) is 5.92 Å². The fourth-order valence-electron chi connectivity index (χ4n) is 3.40. The van der Waals surface area contributed by atoms with Gasteiger partial charge in [0.15, 0.2) is 0 Å². The summed E-state index contributed by atoms with van der Waals surface area (Å²) in [7, 11) is 0. The Bertz CT molecular complexity index is 659. The maximum atomic E-state index is 12.3. The molecule has 2 atom stereocenters. The quantitative estimate of drug-likeness (QED) is 0.590. The topological polar surface area (TPSA) is 88.8 Å². The van der Waals surface area contributed by atoms with Crippen molar-refractivity contribution in [3.05, 3.63) is 28.3 Å².